The van der Waals surface area contributed by atoms with Crippen LogP contribution >= 0.6 is 11.3 Å². The molecule has 0 saturated heterocycles. The number of anilines is 2. The molecule has 0 atom stereocenters. The topological polar surface area (TPSA) is 70.6 Å². The fourth-order valence-corrected chi connectivity index (χ4v) is 4.75. The monoisotopic (exact) mass is 441 g/mol. The minimum Gasteiger partial charge on any atom is -0.283 e. The number of aryl methyl sites for hydroxylation is 1. The van der Waals surface area contributed by atoms with Crippen LogP contribution < -0.4 is 9.21 Å². The summed E-state index contributed by atoms with van der Waals surface area (Å²) in [5.74, 6) is -0.377. The number of hydrogen-bond acceptors (Lipinski definition) is 5. The average molecular weight is 442 g/mol. The molecular weight excluding hydrogens is 418 g/mol. The van der Waals surface area contributed by atoms with Gasteiger partial charge < -0.3 is 0 Å². The molecule has 3 aromatic rings. The van der Waals surface area contributed by atoms with Crippen molar-refractivity contribution >= 4 is 38.1 Å². The molecule has 1 aromatic heterocycles. The van der Waals surface area contributed by atoms with Crippen molar-refractivity contribution in [1.82, 2.24) is 4.98 Å². The fourth-order valence-electron chi connectivity index (χ4n) is 2.98. The molecule has 0 radical (unpaired) electrons. The second-order valence-electron chi connectivity index (χ2n) is 6.73. The van der Waals surface area contributed by atoms with Gasteiger partial charge in [0.1, 0.15) is 6.54 Å². The zero-order valence-corrected chi connectivity index (χ0v) is 18.5. The molecular formula is C22H23N3O3S2. The lowest BCUT2D eigenvalue weighted by molar-refractivity contribution is -0.117. The third-order valence-corrected chi connectivity index (χ3v) is 6.46. The molecule has 0 aliphatic carbocycles. The first-order valence-electron chi connectivity index (χ1n) is 9.27. The fraction of sp³-hybridized carbons (Fsp3) is 0.182. The second kappa shape index (κ2) is 9.23. The number of rotatable bonds is 8. The van der Waals surface area contributed by atoms with Crippen LogP contribution in [0.1, 0.15) is 5.56 Å². The number of carbonyl (C=O) groups is 1. The molecule has 2 aromatic carbocycles. The Bertz CT molecular complexity index is 1140. The van der Waals surface area contributed by atoms with E-state index in [9.17, 15) is 13.2 Å². The molecule has 0 N–H and O–H groups in total. The first-order chi connectivity index (χ1) is 14.3. The van der Waals surface area contributed by atoms with Crippen molar-refractivity contribution < 1.29 is 13.2 Å². The first-order valence-corrected chi connectivity index (χ1v) is 12.0. The van der Waals surface area contributed by atoms with Crippen molar-refractivity contribution in [3.8, 4) is 11.3 Å². The van der Waals surface area contributed by atoms with Gasteiger partial charge in [-0.2, -0.15) is 0 Å². The number of aromatic nitrogens is 1. The van der Waals surface area contributed by atoms with Crippen molar-refractivity contribution in [3.05, 3.63) is 78.2 Å². The summed E-state index contributed by atoms with van der Waals surface area (Å²) in [6.07, 6.45) is 2.70. The summed E-state index contributed by atoms with van der Waals surface area (Å²) in [6, 6.07) is 16.7. The van der Waals surface area contributed by atoms with E-state index in [1.54, 1.807) is 18.2 Å². The van der Waals surface area contributed by atoms with Crippen molar-refractivity contribution in [2.45, 2.75) is 6.92 Å². The first kappa shape index (κ1) is 21.7. The highest BCUT2D eigenvalue weighted by Gasteiger charge is 2.26. The number of carbonyl (C=O) groups excluding carboxylic acids is 1. The van der Waals surface area contributed by atoms with Gasteiger partial charge in [0.15, 0.2) is 5.13 Å². The summed E-state index contributed by atoms with van der Waals surface area (Å²) >= 11 is 1.33. The molecule has 0 saturated carbocycles. The van der Waals surface area contributed by atoms with E-state index in [1.165, 1.54) is 16.2 Å². The summed E-state index contributed by atoms with van der Waals surface area (Å²) in [5, 5.41) is 2.38. The zero-order chi connectivity index (χ0) is 21.7. The molecule has 6 nitrogen and oxygen atoms in total. The van der Waals surface area contributed by atoms with Gasteiger partial charge in [0.05, 0.1) is 17.6 Å². The summed E-state index contributed by atoms with van der Waals surface area (Å²) in [4.78, 5) is 19.2. The van der Waals surface area contributed by atoms with Gasteiger partial charge in [0, 0.05) is 17.5 Å². The standard InChI is InChI=1S/C22H23N3O3S2/c1-4-14-24(22-23-19(16-29-22)18-11-6-5-7-12-18)21(26)15-25(30(3,27)28)20-13-9-8-10-17(20)2/h4-13,16H,1,14-15H2,2-3H3. The van der Waals surface area contributed by atoms with Crippen LogP contribution in [0.15, 0.2) is 72.6 Å². The van der Waals surface area contributed by atoms with Crippen LogP contribution in [-0.4, -0.2) is 38.7 Å². The van der Waals surface area contributed by atoms with Crippen LogP contribution in [0.4, 0.5) is 10.8 Å². The van der Waals surface area contributed by atoms with Crippen molar-refractivity contribution in [2.24, 2.45) is 0 Å². The highest BCUT2D eigenvalue weighted by Crippen LogP contribution is 2.28. The molecule has 0 aliphatic heterocycles. The normalized spacial score (nSPS) is 11.1. The average Bonchev–Trinajstić information content (AvgIpc) is 3.20. The predicted octanol–water partition coefficient (Wildman–Crippen LogP) is 4.10. The Balaban J connectivity index is 1.91. The van der Waals surface area contributed by atoms with Crippen molar-refractivity contribution in [3.63, 3.8) is 0 Å². The molecule has 0 unspecified atom stereocenters. The summed E-state index contributed by atoms with van der Waals surface area (Å²) < 4.78 is 26.0. The number of thiazole rings is 1. The number of para-hydroxylation sites is 1. The molecule has 156 valence electrons. The van der Waals surface area contributed by atoms with E-state index >= 15 is 0 Å². The summed E-state index contributed by atoms with van der Waals surface area (Å²) in [7, 11) is -3.66. The minimum absolute atomic E-state index is 0.228. The van der Waals surface area contributed by atoms with Gasteiger partial charge >= 0.3 is 0 Å². The van der Waals surface area contributed by atoms with Crippen LogP contribution in [0.2, 0.25) is 0 Å². The van der Waals surface area contributed by atoms with Gasteiger partial charge in [-0.25, -0.2) is 13.4 Å². The van der Waals surface area contributed by atoms with E-state index in [-0.39, 0.29) is 19.0 Å². The van der Waals surface area contributed by atoms with Crippen LogP contribution in [0.5, 0.6) is 0 Å². The van der Waals surface area contributed by atoms with Crippen molar-refractivity contribution in [2.75, 3.05) is 28.6 Å². The van der Waals surface area contributed by atoms with Gasteiger partial charge in [0.25, 0.3) is 0 Å². The highest BCUT2D eigenvalue weighted by atomic mass is 32.2. The molecule has 0 aliphatic rings. The Kier molecular flexibility index (Phi) is 6.69. The molecule has 0 spiro atoms. The largest absolute Gasteiger partial charge is 0.283 e. The van der Waals surface area contributed by atoms with E-state index in [4.69, 9.17) is 0 Å². The van der Waals surface area contributed by atoms with E-state index in [0.717, 1.165) is 27.4 Å². The van der Waals surface area contributed by atoms with Crippen LogP contribution in [0.25, 0.3) is 11.3 Å². The summed E-state index contributed by atoms with van der Waals surface area (Å²) in [6.45, 7) is 5.44. The van der Waals surface area contributed by atoms with E-state index < -0.39 is 10.0 Å². The quantitative estimate of drug-likeness (QED) is 0.494. The van der Waals surface area contributed by atoms with E-state index in [1.807, 2.05) is 54.8 Å². The highest BCUT2D eigenvalue weighted by molar-refractivity contribution is 7.92. The third kappa shape index (κ3) is 4.95. The molecule has 1 heterocycles. The smallest absolute Gasteiger partial charge is 0.249 e. The molecule has 3 rings (SSSR count). The maximum atomic E-state index is 13.2. The Hall–Kier alpha value is -2.97. The Morgan fingerprint density at radius 3 is 2.43 bits per heavy atom. The van der Waals surface area contributed by atoms with Crippen LogP contribution in [0.3, 0.4) is 0 Å². The maximum Gasteiger partial charge on any atom is 0.249 e. The van der Waals surface area contributed by atoms with Gasteiger partial charge in [-0.1, -0.05) is 54.6 Å². The Morgan fingerprint density at radius 2 is 1.80 bits per heavy atom. The zero-order valence-electron chi connectivity index (χ0n) is 16.9. The lowest BCUT2D eigenvalue weighted by Crippen LogP contribution is -2.43. The van der Waals surface area contributed by atoms with Gasteiger partial charge in [-0.3, -0.25) is 14.0 Å². The molecule has 1 amide bonds. The molecule has 8 heteroatoms. The van der Waals surface area contributed by atoms with Crippen LogP contribution in [0, 0.1) is 6.92 Å². The van der Waals surface area contributed by atoms with Crippen molar-refractivity contribution in [1.29, 1.82) is 0 Å². The number of hydrogen-bond donors (Lipinski definition) is 0. The summed E-state index contributed by atoms with van der Waals surface area (Å²) in [5.41, 5.74) is 2.96. The third-order valence-electron chi connectivity index (χ3n) is 4.47. The SMILES string of the molecule is C=CCN(C(=O)CN(c1ccccc1C)S(C)(=O)=O)c1nc(-c2ccccc2)cs1. The van der Waals surface area contributed by atoms with E-state index in [2.05, 4.69) is 11.6 Å². The lowest BCUT2D eigenvalue weighted by atomic mass is 10.2. The number of amides is 1. The molecule has 30 heavy (non-hydrogen) atoms. The minimum atomic E-state index is -3.66. The number of benzene rings is 2. The Morgan fingerprint density at radius 1 is 1.13 bits per heavy atom. The van der Waals surface area contributed by atoms with Crippen LogP contribution in [-0.2, 0) is 14.8 Å². The lowest BCUT2D eigenvalue weighted by Gasteiger charge is -2.26. The molecule has 0 bridgehead atoms. The van der Waals surface area contributed by atoms with E-state index in [0.29, 0.717) is 10.8 Å². The van der Waals surface area contributed by atoms with Gasteiger partial charge in [-0.15, -0.1) is 17.9 Å². The molecule has 0 fully saturated rings. The predicted molar refractivity (Wildman–Crippen MR) is 123 cm³/mol. The number of sulfonamides is 1. The maximum absolute atomic E-state index is 13.2. The Labute approximate surface area is 181 Å². The van der Waals surface area contributed by atoms with Gasteiger partial charge in [0.2, 0.25) is 15.9 Å². The number of nitrogens with zero attached hydrogens (tertiary/aromatic N) is 3. The second-order valence-corrected chi connectivity index (χ2v) is 9.47. The van der Waals surface area contributed by atoms with Gasteiger partial charge in [-0.05, 0) is 18.6 Å².